The van der Waals surface area contributed by atoms with Crippen molar-refractivity contribution in [1.82, 2.24) is 4.98 Å². The summed E-state index contributed by atoms with van der Waals surface area (Å²) in [4.78, 5) is 31.3. The molecule has 0 radical (unpaired) electrons. The number of hydrogen-bond acceptors (Lipinski definition) is 8. The molecular weight excluding hydrogens is 538 g/mol. The summed E-state index contributed by atoms with van der Waals surface area (Å²) < 4.78 is 17.1. The fraction of sp³-hybridized carbons (Fsp3) is 0.281. The summed E-state index contributed by atoms with van der Waals surface area (Å²) in [6.45, 7) is 0.240. The number of hydrogen-bond donors (Lipinski definition) is 2. The predicted octanol–water partition coefficient (Wildman–Crippen LogP) is 6.23. The number of anilines is 1. The number of esters is 1. The van der Waals surface area contributed by atoms with Gasteiger partial charge in [-0.25, -0.2) is 0 Å². The van der Waals surface area contributed by atoms with Gasteiger partial charge in [-0.1, -0.05) is 30.0 Å². The largest absolute Gasteiger partial charge is 0.493 e. The monoisotopic (exact) mass is 571 g/mol. The molecule has 41 heavy (non-hydrogen) atoms. The second kappa shape index (κ2) is 13.5. The third-order valence-electron chi connectivity index (χ3n) is 6.94. The molecule has 0 aliphatic heterocycles. The summed E-state index contributed by atoms with van der Waals surface area (Å²) >= 11 is 1.59. The fourth-order valence-corrected chi connectivity index (χ4v) is 5.62. The molecule has 9 heteroatoms. The van der Waals surface area contributed by atoms with Gasteiger partial charge in [-0.3, -0.25) is 14.6 Å². The zero-order valence-corrected chi connectivity index (χ0v) is 23.7. The Kier molecular flexibility index (Phi) is 9.38. The molecule has 1 fully saturated rings. The molecule has 0 spiro atoms. The summed E-state index contributed by atoms with van der Waals surface area (Å²) in [7, 11) is 1.59. The van der Waals surface area contributed by atoms with Gasteiger partial charge < -0.3 is 25.3 Å². The van der Waals surface area contributed by atoms with Gasteiger partial charge in [-0.2, -0.15) is 0 Å². The summed E-state index contributed by atoms with van der Waals surface area (Å²) in [6, 6.07) is 21.8. The summed E-state index contributed by atoms with van der Waals surface area (Å²) in [6.07, 6.45) is 6.08. The quantitative estimate of drug-likeness (QED) is 0.204. The first-order valence-electron chi connectivity index (χ1n) is 13.7. The van der Waals surface area contributed by atoms with E-state index in [1.54, 1.807) is 37.2 Å². The van der Waals surface area contributed by atoms with E-state index in [1.165, 1.54) is 0 Å². The van der Waals surface area contributed by atoms with E-state index in [1.807, 2.05) is 60.7 Å². The van der Waals surface area contributed by atoms with Crippen LogP contribution in [0.1, 0.15) is 42.5 Å². The van der Waals surface area contributed by atoms with Gasteiger partial charge in [0.2, 0.25) is 0 Å². The average Bonchev–Trinajstić information content (AvgIpc) is 3.51. The molecule has 8 nitrogen and oxygen atoms in total. The third kappa shape index (κ3) is 7.36. The summed E-state index contributed by atoms with van der Waals surface area (Å²) in [5, 5.41) is 3.84. The first-order chi connectivity index (χ1) is 20.0. The minimum absolute atomic E-state index is 0.00775. The van der Waals surface area contributed by atoms with Crippen LogP contribution in [0.2, 0.25) is 0 Å². The highest BCUT2D eigenvalue weighted by Gasteiger charge is 2.23. The number of fused-ring (bicyclic) bond motifs is 1. The van der Waals surface area contributed by atoms with Crippen LogP contribution in [0, 0.1) is 0 Å². The maximum absolute atomic E-state index is 12.4. The molecule has 5 rings (SSSR count). The van der Waals surface area contributed by atoms with E-state index in [4.69, 9.17) is 19.9 Å². The van der Waals surface area contributed by atoms with Crippen LogP contribution in [0.5, 0.6) is 11.5 Å². The van der Waals surface area contributed by atoms with E-state index in [0.717, 1.165) is 52.1 Å². The van der Waals surface area contributed by atoms with Crippen molar-refractivity contribution >= 4 is 40.2 Å². The maximum atomic E-state index is 12.4. The lowest BCUT2D eigenvalue weighted by Crippen LogP contribution is -2.35. The minimum Gasteiger partial charge on any atom is -0.493 e. The Morgan fingerprint density at radius 3 is 2.51 bits per heavy atom. The summed E-state index contributed by atoms with van der Waals surface area (Å²) in [5.41, 5.74) is 8.13. The third-order valence-corrected chi connectivity index (χ3v) is 8.02. The number of amides is 1. The molecule has 3 N–H and O–H groups in total. The molecule has 1 saturated carbocycles. The van der Waals surface area contributed by atoms with E-state index >= 15 is 0 Å². The van der Waals surface area contributed by atoms with Crippen molar-refractivity contribution in [2.75, 3.05) is 19.0 Å². The number of ether oxygens (including phenoxy) is 3. The Morgan fingerprint density at radius 1 is 1.02 bits per heavy atom. The van der Waals surface area contributed by atoms with E-state index in [2.05, 4.69) is 10.3 Å². The number of aromatic nitrogens is 1. The number of carbonyl (C=O) groups excluding carboxylic acids is 2. The number of nitrogens with zero attached hydrogens (tertiary/aromatic N) is 1. The number of methoxy groups -OCH3 is 1. The number of carbonyl (C=O) groups is 2. The van der Waals surface area contributed by atoms with Gasteiger partial charge in [0.25, 0.3) is 5.91 Å². The van der Waals surface area contributed by atoms with E-state index < -0.39 is 6.04 Å². The Labute approximate surface area is 243 Å². The number of nitrogens with one attached hydrogen (secondary N) is 1. The van der Waals surface area contributed by atoms with Gasteiger partial charge in [0.05, 0.1) is 19.2 Å². The van der Waals surface area contributed by atoms with Crippen LogP contribution in [-0.2, 0) is 9.53 Å². The fourth-order valence-electron chi connectivity index (χ4n) is 4.69. The highest BCUT2D eigenvalue weighted by Crippen LogP contribution is 2.38. The lowest BCUT2D eigenvalue weighted by Gasteiger charge is -2.17. The van der Waals surface area contributed by atoms with Crippen LogP contribution in [0.3, 0.4) is 0 Å². The predicted molar refractivity (Wildman–Crippen MR) is 160 cm³/mol. The number of benzene rings is 3. The van der Waals surface area contributed by atoms with Crippen molar-refractivity contribution in [1.29, 1.82) is 0 Å². The van der Waals surface area contributed by atoms with Crippen molar-refractivity contribution in [3.05, 3.63) is 84.6 Å². The second-order valence-electron chi connectivity index (χ2n) is 9.86. The molecule has 4 aromatic rings. The van der Waals surface area contributed by atoms with Gasteiger partial charge in [0, 0.05) is 45.1 Å². The molecule has 1 aliphatic carbocycles. The average molecular weight is 572 g/mol. The van der Waals surface area contributed by atoms with E-state index in [9.17, 15) is 9.59 Å². The molecule has 3 aromatic carbocycles. The van der Waals surface area contributed by atoms with E-state index in [-0.39, 0.29) is 24.6 Å². The Morgan fingerprint density at radius 2 is 1.78 bits per heavy atom. The minimum atomic E-state index is -0.735. The van der Waals surface area contributed by atoms with Gasteiger partial charge in [-0.15, -0.1) is 0 Å². The lowest BCUT2D eigenvalue weighted by atomic mass is 10.2. The van der Waals surface area contributed by atoms with Gasteiger partial charge in [0.1, 0.15) is 12.1 Å². The van der Waals surface area contributed by atoms with Crippen LogP contribution < -0.4 is 20.5 Å². The first kappa shape index (κ1) is 28.4. The molecule has 0 saturated heterocycles. The van der Waals surface area contributed by atoms with Crippen molar-refractivity contribution in [2.45, 2.75) is 54.0 Å². The molecule has 0 unspecified atom stereocenters. The second-order valence-corrected chi connectivity index (χ2v) is 11.0. The summed E-state index contributed by atoms with van der Waals surface area (Å²) in [5.74, 6) is 0.570. The van der Waals surface area contributed by atoms with Gasteiger partial charge in [0.15, 0.2) is 11.5 Å². The highest BCUT2D eigenvalue weighted by atomic mass is 32.2. The zero-order chi connectivity index (χ0) is 28.6. The SMILES string of the molecule is COc1cc2c(Sc3ccc(NC(=O)c4ccccc4)cc3)ccnc2cc1OCC[C@H](N)C(=O)OC1CCCC1. The molecule has 212 valence electrons. The smallest absolute Gasteiger partial charge is 0.323 e. The zero-order valence-electron chi connectivity index (χ0n) is 22.9. The molecule has 1 aromatic heterocycles. The Balaban J connectivity index is 1.22. The number of pyridine rings is 1. The highest BCUT2D eigenvalue weighted by molar-refractivity contribution is 7.99. The van der Waals surface area contributed by atoms with Crippen molar-refractivity contribution in [3.8, 4) is 11.5 Å². The molecule has 1 heterocycles. The molecular formula is C32H33N3O5S. The molecule has 1 aliphatic rings. The van der Waals surface area contributed by atoms with Gasteiger partial charge >= 0.3 is 5.97 Å². The number of rotatable bonds is 11. The lowest BCUT2D eigenvalue weighted by molar-refractivity contribution is -0.150. The molecule has 0 bridgehead atoms. The van der Waals surface area contributed by atoms with Crippen molar-refractivity contribution in [3.63, 3.8) is 0 Å². The molecule has 1 amide bonds. The van der Waals surface area contributed by atoms with Crippen molar-refractivity contribution in [2.24, 2.45) is 5.73 Å². The standard InChI is InChI=1S/C32H33N3O5S/c1-38-28-19-25-27(20-29(28)39-18-16-26(33)32(37)40-23-9-5-6-10-23)34-17-15-30(25)41-24-13-11-22(12-14-24)35-31(36)21-7-3-2-4-8-21/h2-4,7-8,11-15,17,19-20,23,26H,5-6,9-10,16,18,33H2,1H3,(H,35,36)/t26-/m0/s1. The van der Waals surface area contributed by atoms with Crippen LogP contribution in [0.4, 0.5) is 5.69 Å². The Hall–Kier alpha value is -4.08. The first-order valence-corrected chi connectivity index (χ1v) is 14.5. The number of nitrogens with two attached hydrogens (primary N) is 1. The molecule has 1 atom stereocenters. The normalized spacial score (nSPS) is 14.0. The van der Waals surface area contributed by atoms with Crippen molar-refractivity contribution < 1.29 is 23.8 Å². The van der Waals surface area contributed by atoms with Crippen LogP contribution >= 0.6 is 11.8 Å². The van der Waals surface area contributed by atoms with E-state index in [0.29, 0.717) is 23.5 Å². The van der Waals surface area contributed by atoms with Gasteiger partial charge in [-0.05, 0) is 74.2 Å². The van der Waals surface area contributed by atoms with Crippen LogP contribution in [-0.4, -0.2) is 42.7 Å². The topological polar surface area (TPSA) is 113 Å². The van der Waals surface area contributed by atoms with Crippen LogP contribution in [0.25, 0.3) is 10.9 Å². The van der Waals surface area contributed by atoms with Crippen LogP contribution in [0.15, 0.2) is 88.8 Å². The maximum Gasteiger partial charge on any atom is 0.323 e. The Bertz CT molecular complexity index is 1490.